The van der Waals surface area contributed by atoms with Crippen LogP contribution < -0.4 is 43.1 Å². The van der Waals surface area contributed by atoms with E-state index >= 15 is 0 Å². The van der Waals surface area contributed by atoms with Gasteiger partial charge in [0, 0.05) is 6.07 Å². The Balaban J connectivity index is 0.00000484. The summed E-state index contributed by atoms with van der Waals surface area (Å²) in [6.45, 7) is 0.565. The second-order valence-corrected chi connectivity index (χ2v) is 14.0. The first-order chi connectivity index (χ1) is 20.1. The van der Waals surface area contributed by atoms with Crippen molar-refractivity contribution >= 4 is 29.1 Å². The normalized spacial score (nSPS) is 11.0. The van der Waals surface area contributed by atoms with Gasteiger partial charge >= 0.3 is 0 Å². The number of hydroxylamine groups is 1. The molecule has 0 aromatic heterocycles. The molecule has 0 saturated heterocycles. The van der Waals surface area contributed by atoms with Gasteiger partial charge in [0.05, 0.1) is 18.3 Å². The predicted molar refractivity (Wildman–Crippen MR) is 170 cm³/mol. The second-order valence-electron chi connectivity index (χ2n) is 10.3. The number of rotatable bonds is 16. The molecule has 0 atom stereocenters. The summed E-state index contributed by atoms with van der Waals surface area (Å²) in [6.07, 6.45) is 10.6. The molecule has 0 spiro atoms. The largest absolute Gasteiger partial charge is 1.00 e. The lowest BCUT2D eigenvalue weighted by atomic mass is 10.1. The zero-order valence-corrected chi connectivity index (χ0v) is 26.5. The van der Waals surface area contributed by atoms with Gasteiger partial charge in [0.2, 0.25) is 0 Å². The molecule has 0 heterocycles. The van der Waals surface area contributed by atoms with E-state index in [9.17, 15) is 9.90 Å². The van der Waals surface area contributed by atoms with Crippen molar-refractivity contribution in [3.05, 3.63) is 115 Å². The van der Waals surface area contributed by atoms with Crippen LogP contribution in [0.4, 0.5) is 0 Å². The molecule has 0 radical (unpaired) electrons. The minimum absolute atomic E-state index is 0. The van der Waals surface area contributed by atoms with E-state index in [0.717, 1.165) is 12.8 Å². The fraction of sp³-hybridized carbons (Fsp3) is 0.286. The lowest BCUT2D eigenvalue weighted by molar-refractivity contribution is -0.0000184. The summed E-state index contributed by atoms with van der Waals surface area (Å²) in [5, 5.41) is 23.0. The molecule has 5 nitrogen and oxygen atoms in total. The van der Waals surface area contributed by atoms with Crippen molar-refractivity contribution in [2.24, 2.45) is 0 Å². The number of carbonyl (C=O) groups excluding carboxylic acids is 1. The topological polar surface area (TPSA) is 78.8 Å². The first kappa shape index (κ1) is 33.3. The summed E-state index contributed by atoms with van der Waals surface area (Å²) in [5.41, 5.74) is 1.52. The van der Waals surface area contributed by atoms with Gasteiger partial charge in [-0.2, -0.15) is 0 Å². The summed E-state index contributed by atoms with van der Waals surface area (Å²) < 4.78 is 5.70. The van der Waals surface area contributed by atoms with Gasteiger partial charge in [-0.15, -0.1) is 0 Å². The van der Waals surface area contributed by atoms with Crippen molar-refractivity contribution in [2.45, 2.75) is 51.4 Å². The number of nitrogens with one attached hydrogen (secondary N) is 1. The molecule has 0 aliphatic carbocycles. The summed E-state index contributed by atoms with van der Waals surface area (Å²) in [4.78, 5) is 11.4. The minimum atomic E-state index is -1.73. The molecule has 4 aromatic rings. The van der Waals surface area contributed by atoms with E-state index in [1.807, 2.05) is 0 Å². The van der Waals surface area contributed by atoms with Crippen LogP contribution in [-0.2, 0) is 0 Å². The Morgan fingerprint density at radius 2 is 1.10 bits per heavy atom. The number of ether oxygens (including phenoxy) is 1. The standard InChI is InChI=1S/C35H40NO4P.BrH/c37-34-28-29(24-25-33(34)35(38)36-39)40-26-16-5-3-1-2-4-6-17-27-41(30-18-10-7-11-19-30,31-20-12-8-13-21-31)32-22-14-9-15-23-32;/h7-15,18-25,28H,1-6,16-17,26-27H2,(H2-,36,37,38,39);1H. The van der Waals surface area contributed by atoms with Crippen molar-refractivity contribution < 1.29 is 36.8 Å². The van der Waals surface area contributed by atoms with Crippen LogP contribution in [0.3, 0.4) is 0 Å². The second kappa shape index (κ2) is 17.7. The van der Waals surface area contributed by atoms with E-state index in [1.165, 1.54) is 78.2 Å². The number of unbranched alkanes of at least 4 members (excludes halogenated alkanes) is 7. The van der Waals surface area contributed by atoms with Crippen molar-refractivity contribution in [3.8, 4) is 11.5 Å². The number of benzene rings is 4. The molecule has 1 amide bonds. The van der Waals surface area contributed by atoms with E-state index < -0.39 is 13.2 Å². The Bertz CT molecular complexity index is 1240. The number of hydrogen-bond donors (Lipinski definition) is 3. The molecular weight excluding hydrogens is 609 g/mol. The zero-order chi connectivity index (χ0) is 28.8. The highest BCUT2D eigenvalue weighted by Gasteiger charge is 2.44. The number of halogens is 1. The molecule has 0 fully saturated rings. The molecule has 7 heteroatoms. The quantitative estimate of drug-likeness (QED) is 0.0742. The zero-order valence-electron chi connectivity index (χ0n) is 24.0. The number of amides is 1. The van der Waals surface area contributed by atoms with Crippen molar-refractivity contribution in [1.29, 1.82) is 0 Å². The number of aromatic hydroxyl groups is 1. The highest BCUT2D eigenvalue weighted by Crippen LogP contribution is 2.56. The number of carbonyl (C=O) groups is 1. The fourth-order valence-corrected chi connectivity index (χ4v) is 9.85. The molecule has 0 unspecified atom stereocenters. The third kappa shape index (κ3) is 8.91. The van der Waals surface area contributed by atoms with E-state index in [4.69, 9.17) is 9.94 Å². The average molecular weight is 651 g/mol. The minimum Gasteiger partial charge on any atom is -1.00 e. The maximum absolute atomic E-state index is 11.4. The molecule has 222 valence electrons. The van der Waals surface area contributed by atoms with Crippen LogP contribution in [0, 0.1) is 0 Å². The Labute approximate surface area is 261 Å². The molecule has 0 aliphatic rings. The maximum atomic E-state index is 11.4. The fourth-order valence-electron chi connectivity index (χ4n) is 5.44. The summed E-state index contributed by atoms with van der Waals surface area (Å²) in [6, 6.07) is 37.8. The number of hydrogen-bond acceptors (Lipinski definition) is 4. The summed E-state index contributed by atoms with van der Waals surface area (Å²) in [5.74, 6) is -0.458. The van der Waals surface area contributed by atoms with Crippen LogP contribution in [0.25, 0.3) is 0 Å². The molecule has 4 rings (SSSR count). The monoisotopic (exact) mass is 649 g/mol. The van der Waals surface area contributed by atoms with Crippen LogP contribution in [-0.4, -0.2) is 29.0 Å². The van der Waals surface area contributed by atoms with Crippen molar-refractivity contribution in [2.75, 3.05) is 12.8 Å². The smallest absolute Gasteiger partial charge is 0.278 e. The summed E-state index contributed by atoms with van der Waals surface area (Å²) >= 11 is 0. The molecule has 0 aliphatic heterocycles. The first-order valence-electron chi connectivity index (χ1n) is 14.6. The van der Waals surface area contributed by atoms with Gasteiger partial charge in [-0.25, -0.2) is 5.48 Å². The molecule has 4 aromatic carbocycles. The van der Waals surface area contributed by atoms with Crippen LogP contribution in [0.15, 0.2) is 109 Å². The van der Waals surface area contributed by atoms with Crippen LogP contribution in [0.1, 0.15) is 61.7 Å². The maximum Gasteiger partial charge on any atom is 0.278 e. The Morgan fingerprint density at radius 3 is 1.55 bits per heavy atom. The van der Waals surface area contributed by atoms with E-state index in [1.54, 1.807) is 6.07 Å². The van der Waals surface area contributed by atoms with Gasteiger partial charge < -0.3 is 26.8 Å². The van der Waals surface area contributed by atoms with Crippen LogP contribution >= 0.6 is 7.26 Å². The molecule has 0 bridgehead atoms. The first-order valence-corrected chi connectivity index (χ1v) is 16.6. The van der Waals surface area contributed by atoms with Gasteiger partial charge in [-0.3, -0.25) is 10.0 Å². The molecular formula is C35H41BrNO4P. The highest BCUT2D eigenvalue weighted by molar-refractivity contribution is 7.95. The van der Waals surface area contributed by atoms with E-state index in [2.05, 4.69) is 91.0 Å². The predicted octanol–water partition coefficient (Wildman–Crippen LogP) is 4.01. The Kier molecular flexibility index (Phi) is 14.0. The Morgan fingerprint density at radius 1 is 0.643 bits per heavy atom. The third-order valence-corrected chi connectivity index (χ3v) is 12.1. The van der Waals surface area contributed by atoms with Crippen LogP contribution in [0.2, 0.25) is 0 Å². The summed E-state index contributed by atoms with van der Waals surface area (Å²) in [7, 11) is -1.73. The van der Waals surface area contributed by atoms with Crippen molar-refractivity contribution in [3.63, 3.8) is 0 Å². The van der Waals surface area contributed by atoms with Gasteiger partial charge in [-0.1, -0.05) is 86.7 Å². The van der Waals surface area contributed by atoms with E-state index in [-0.39, 0.29) is 28.3 Å². The third-order valence-electron chi connectivity index (χ3n) is 7.56. The average Bonchev–Trinajstić information content (AvgIpc) is 3.03. The van der Waals surface area contributed by atoms with Crippen LogP contribution in [0.5, 0.6) is 11.5 Å². The van der Waals surface area contributed by atoms with Gasteiger partial charge in [0.25, 0.3) is 5.91 Å². The number of phenols is 1. The number of phenolic OH excluding ortho intramolecular Hbond substituents is 1. The van der Waals surface area contributed by atoms with Gasteiger partial charge in [0.15, 0.2) is 0 Å². The Hall–Kier alpha value is -3.18. The lowest BCUT2D eigenvalue weighted by Crippen LogP contribution is -3.00. The van der Waals surface area contributed by atoms with Gasteiger partial charge in [0.1, 0.15) is 34.7 Å². The highest BCUT2D eigenvalue weighted by atomic mass is 79.9. The van der Waals surface area contributed by atoms with Crippen molar-refractivity contribution in [1.82, 2.24) is 5.48 Å². The lowest BCUT2D eigenvalue weighted by Gasteiger charge is -2.27. The van der Waals surface area contributed by atoms with Gasteiger partial charge in [-0.05, 0) is 67.8 Å². The SMILES string of the molecule is O=C(NO)c1ccc(OCCCCCCCCCC[P+](c2ccccc2)(c2ccccc2)c2ccccc2)cc1O.[Br-]. The molecule has 3 N–H and O–H groups in total. The van der Waals surface area contributed by atoms with E-state index in [0.29, 0.717) is 12.4 Å². The molecule has 42 heavy (non-hydrogen) atoms. The molecule has 0 saturated carbocycles.